The molecule has 29 heavy (non-hydrogen) atoms. The Kier molecular flexibility index (Phi) is 11.3. The van der Waals surface area contributed by atoms with Gasteiger partial charge in [-0.15, -0.1) is 0 Å². The largest absolute Gasteiger partial charge is 0.414 e. The lowest BCUT2D eigenvalue weighted by molar-refractivity contribution is -0.0343. The zero-order chi connectivity index (χ0) is 22.0. The molecule has 1 aromatic rings. The Balaban J connectivity index is 2.71. The van der Waals surface area contributed by atoms with Crippen LogP contribution >= 0.6 is 7.60 Å². The molecule has 0 bridgehead atoms. The van der Waals surface area contributed by atoms with Crippen LogP contribution in [0.5, 0.6) is 0 Å². The minimum absolute atomic E-state index is 0.0916. The fourth-order valence-corrected chi connectivity index (χ4v) is 4.69. The minimum Gasteiger partial charge on any atom is -0.414 e. The molecule has 0 N–H and O–H groups in total. The van der Waals surface area contributed by atoms with Crippen LogP contribution in [-0.2, 0) is 34.1 Å². The third kappa shape index (κ3) is 9.88. The van der Waals surface area contributed by atoms with Crippen molar-refractivity contribution in [2.45, 2.75) is 65.5 Å². The molecule has 0 saturated heterocycles. The van der Waals surface area contributed by atoms with Crippen LogP contribution in [0.15, 0.2) is 30.3 Å². The van der Waals surface area contributed by atoms with Gasteiger partial charge >= 0.3 is 7.60 Å². The molecule has 1 rings (SSSR count). The van der Waals surface area contributed by atoms with Gasteiger partial charge in [0.25, 0.3) is 0 Å². The van der Waals surface area contributed by atoms with E-state index in [-0.39, 0.29) is 17.5 Å². The van der Waals surface area contributed by atoms with Crippen LogP contribution in [0.1, 0.15) is 40.2 Å². The summed E-state index contributed by atoms with van der Waals surface area (Å²) < 4.78 is 41.5. The van der Waals surface area contributed by atoms with E-state index in [1.54, 1.807) is 13.8 Å². The van der Waals surface area contributed by atoms with E-state index in [1.165, 1.54) is 0 Å². The molecular weight excluding hydrogens is 407 g/mol. The third-order valence-corrected chi connectivity index (χ3v) is 11.2. The van der Waals surface area contributed by atoms with Crippen LogP contribution in [0.3, 0.4) is 0 Å². The second-order valence-electron chi connectivity index (χ2n) is 8.44. The molecule has 0 aliphatic carbocycles. The summed E-state index contributed by atoms with van der Waals surface area (Å²) in [6, 6.07) is 9.96. The van der Waals surface area contributed by atoms with Gasteiger partial charge in [-0.05, 0) is 37.5 Å². The Morgan fingerprint density at radius 3 is 2.10 bits per heavy atom. The quantitative estimate of drug-likeness (QED) is 0.264. The fraction of sp³-hybridized carbons (Fsp3) is 0.714. The highest BCUT2D eigenvalue weighted by atomic mass is 31.2. The maximum absolute atomic E-state index is 12.7. The molecular formula is C21H39O6PSi. The number of ether oxygens (including phenoxy) is 2. The predicted molar refractivity (Wildman–Crippen MR) is 120 cm³/mol. The Morgan fingerprint density at radius 2 is 1.59 bits per heavy atom. The van der Waals surface area contributed by atoms with Gasteiger partial charge in [0.2, 0.25) is 0 Å². The summed E-state index contributed by atoms with van der Waals surface area (Å²) in [6.45, 7) is 16.3. The van der Waals surface area contributed by atoms with E-state index in [2.05, 4.69) is 33.9 Å². The smallest absolute Gasteiger partial charge is 0.356 e. The minimum atomic E-state index is -3.28. The monoisotopic (exact) mass is 446 g/mol. The molecule has 0 spiro atoms. The zero-order valence-electron chi connectivity index (χ0n) is 19.1. The first-order chi connectivity index (χ1) is 13.5. The van der Waals surface area contributed by atoms with Crippen molar-refractivity contribution in [3.8, 4) is 0 Å². The summed E-state index contributed by atoms with van der Waals surface area (Å²) in [7, 11) is -5.23. The van der Waals surface area contributed by atoms with Crippen molar-refractivity contribution in [1.29, 1.82) is 0 Å². The predicted octanol–water partition coefficient (Wildman–Crippen LogP) is 5.83. The zero-order valence-corrected chi connectivity index (χ0v) is 21.0. The van der Waals surface area contributed by atoms with Crippen molar-refractivity contribution in [1.82, 2.24) is 0 Å². The maximum atomic E-state index is 12.7. The second kappa shape index (κ2) is 12.4. The van der Waals surface area contributed by atoms with Crippen LogP contribution in [0, 0.1) is 0 Å². The molecule has 0 aromatic heterocycles. The molecule has 0 amide bonds. The van der Waals surface area contributed by atoms with Crippen LogP contribution in [0.25, 0.3) is 0 Å². The first-order valence-corrected chi connectivity index (χ1v) is 14.9. The third-order valence-electron chi connectivity index (χ3n) is 4.97. The lowest BCUT2D eigenvalue weighted by Crippen LogP contribution is -2.43. The van der Waals surface area contributed by atoms with Crippen molar-refractivity contribution in [2.75, 3.05) is 32.8 Å². The molecule has 1 aromatic carbocycles. The molecule has 0 fully saturated rings. The van der Waals surface area contributed by atoms with Crippen molar-refractivity contribution >= 4 is 15.9 Å². The average Bonchev–Trinajstić information content (AvgIpc) is 2.64. The summed E-state index contributed by atoms with van der Waals surface area (Å²) in [5.74, 6) is 0. The van der Waals surface area contributed by atoms with Gasteiger partial charge in [-0.2, -0.15) is 0 Å². The van der Waals surface area contributed by atoms with Crippen molar-refractivity contribution in [2.24, 2.45) is 0 Å². The molecule has 0 aliphatic rings. The Labute approximate surface area is 177 Å². The van der Waals surface area contributed by atoms with E-state index in [4.69, 9.17) is 22.9 Å². The topological polar surface area (TPSA) is 63.2 Å². The lowest BCUT2D eigenvalue weighted by atomic mass is 10.2. The summed E-state index contributed by atoms with van der Waals surface area (Å²) in [4.78, 5) is 0. The van der Waals surface area contributed by atoms with Crippen molar-refractivity contribution in [3.63, 3.8) is 0 Å². The molecule has 1 atom stereocenters. The summed E-state index contributed by atoms with van der Waals surface area (Å²) in [5, 5.41) is 0.0916. The second-order valence-corrected chi connectivity index (χ2v) is 15.2. The lowest BCUT2D eigenvalue weighted by Gasteiger charge is -2.37. The van der Waals surface area contributed by atoms with E-state index < -0.39 is 15.9 Å². The van der Waals surface area contributed by atoms with Gasteiger partial charge in [-0.25, -0.2) is 0 Å². The Morgan fingerprint density at radius 1 is 1.00 bits per heavy atom. The maximum Gasteiger partial charge on any atom is 0.356 e. The van der Waals surface area contributed by atoms with Crippen LogP contribution in [0.2, 0.25) is 18.1 Å². The van der Waals surface area contributed by atoms with E-state index in [0.717, 1.165) is 5.56 Å². The molecule has 1 unspecified atom stereocenters. The Bertz CT molecular complexity index is 607. The SMILES string of the molecule is CCOP(=O)(COC(COCc1ccccc1)CO[Si](C)(C)C(C)(C)C)OCC. The van der Waals surface area contributed by atoms with Gasteiger partial charge in [-0.3, -0.25) is 4.57 Å². The van der Waals surface area contributed by atoms with Gasteiger partial charge in [0, 0.05) is 0 Å². The number of benzene rings is 1. The van der Waals surface area contributed by atoms with E-state index in [0.29, 0.717) is 33.0 Å². The van der Waals surface area contributed by atoms with Crippen LogP contribution in [0.4, 0.5) is 0 Å². The highest BCUT2D eigenvalue weighted by molar-refractivity contribution is 7.53. The number of hydrogen-bond donors (Lipinski definition) is 0. The first-order valence-electron chi connectivity index (χ1n) is 10.3. The van der Waals surface area contributed by atoms with Crippen molar-refractivity contribution < 1.29 is 27.5 Å². The highest BCUT2D eigenvalue weighted by Gasteiger charge is 2.38. The Hall–Kier alpha value is -0.533. The van der Waals surface area contributed by atoms with Gasteiger partial charge in [-0.1, -0.05) is 51.1 Å². The normalized spacial score (nSPS) is 14.2. The van der Waals surface area contributed by atoms with E-state index in [9.17, 15) is 4.57 Å². The van der Waals surface area contributed by atoms with Gasteiger partial charge in [0.1, 0.15) is 12.5 Å². The van der Waals surface area contributed by atoms with E-state index in [1.807, 2.05) is 30.3 Å². The standard InChI is InChI=1S/C21H39O6PSi/c1-8-25-28(22,26-9-2)18-24-20(17-27-29(6,7)21(3,4)5)16-23-15-19-13-11-10-12-14-19/h10-14,20H,8-9,15-18H2,1-7H3. The fourth-order valence-electron chi connectivity index (χ4n) is 2.25. The average molecular weight is 447 g/mol. The van der Waals surface area contributed by atoms with Gasteiger partial charge < -0.3 is 22.9 Å². The highest BCUT2D eigenvalue weighted by Crippen LogP contribution is 2.48. The summed E-state index contributed by atoms with van der Waals surface area (Å²) in [5.41, 5.74) is 1.09. The summed E-state index contributed by atoms with van der Waals surface area (Å²) in [6.07, 6.45) is -0.475. The van der Waals surface area contributed by atoms with Gasteiger partial charge in [0.15, 0.2) is 8.32 Å². The molecule has 0 aliphatic heterocycles. The summed E-state index contributed by atoms with van der Waals surface area (Å²) >= 11 is 0. The first kappa shape index (κ1) is 26.5. The number of rotatable bonds is 14. The van der Waals surface area contributed by atoms with Crippen LogP contribution < -0.4 is 0 Å². The molecule has 8 heteroatoms. The van der Waals surface area contributed by atoms with Crippen LogP contribution in [-0.4, -0.2) is 47.2 Å². The molecule has 0 radical (unpaired) electrons. The molecule has 6 nitrogen and oxygen atoms in total. The van der Waals surface area contributed by atoms with E-state index >= 15 is 0 Å². The van der Waals surface area contributed by atoms with Crippen molar-refractivity contribution in [3.05, 3.63) is 35.9 Å². The molecule has 0 saturated carbocycles. The molecule has 168 valence electrons. The molecule has 0 heterocycles. The van der Waals surface area contributed by atoms with Gasteiger partial charge in [0.05, 0.1) is 33.0 Å². The number of hydrogen-bond acceptors (Lipinski definition) is 6.